The summed E-state index contributed by atoms with van der Waals surface area (Å²) >= 11 is 0. The van der Waals surface area contributed by atoms with E-state index < -0.39 is 6.10 Å². The summed E-state index contributed by atoms with van der Waals surface area (Å²) < 4.78 is 0. The topological polar surface area (TPSA) is 50.7 Å². The van der Waals surface area contributed by atoms with Crippen LogP contribution in [-0.4, -0.2) is 17.7 Å². The molecule has 0 aliphatic carbocycles. The van der Waals surface area contributed by atoms with Crippen molar-refractivity contribution in [3.05, 3.63) is 65.2 Å². The van der Waals surface area contributed by atoms with E-state index in [2.05, 4.69) is 10.5 Å². The number of nitrogens with one attached hydrogen (secondary N) is 1. The lowest BCUT2D eigenvalue weighted by Crippen LogP contribution is -2.28. The van der Waals surface area contributed by atoms with Gasteiger partial charge in [-0.2, -0.15) is 0 Å². The van der Waals surface area contributed by atoms with Gasteiger partial charge >= 0.3 is 0 Å². The van der Waals surface area contributed by atoms with Gasteiger partial charge in [0.15, 0.2) is 0 Å². The molecular weight excluding hydrogens is 276 g/mol. The summed E-state index contributed by atoms with van der Waals surface area (Å²) in [6.07, 6.45) is -0.0864. The van der Waals surface area contributed by atoms with Crippen molar-refractivity contribution in [2.24, 2.45) is 5.16 Å². The molecule has 1 N–H and O–H groups in total. The van der Waals surface area contributed by atoms with Gasteiger partial charge in [0.25, 0.3) is 5.91 Å². The third kappa shape index (κ3) is 3.01. The Morgan fingerprint density at radius 1 is 1.18 bits per heavy atom. The zero-order valence-corrected chi connectivity index (χ0v) is 12.7. The molecule has 2 aromatic carbocycles. The summed E-state index contributed by atoms with van der Waals surface area (Å²) in [5.74, 6) is -0.165. The molecule has 1 aliphatic rings. The molecule has 1 aliphatic heterocycles. The maximum absolute atomic E-state index is 12.3. The van der Waals surface area contributed by atoms with E-state index in [1.54, 1.807) is 0 Å². The molecule has 2 aromatic rings. The van der Waals surface area contributed by atoms with Crippen LogP contribution in [0.1, 0.15) is 23.1 Å². The van der Waals surface area contributed by atoms with E-state index in [-0.39, 0.29) is 5.91 Å². The Hall–Kier alpha value is -2.62. The maximum Gasteiger partial charge on any atom is 0.268 e. The Balaban J connectivity index is 1.65. The fourth-order valence-electron chi connectivity index (χ4n) is 2.49. The molecule has 0 saturated heterocycles. The van der Waals surface area contributed by atoms with Crippen molar-refractivity contribution in [1.82, 2.24) is 0 Å². The Morgan fingerprint density at radius 2 is 1.95 bits per heavy atom. The lowest BCUT2D eigenvalue weighted by Gasteiger charge is -2.12. The van der Waals surface area contributed by atoms with Crippen LogP contribution in [0.15, 0.2) is 53.7 Å². The van der Waals surface area contributed by atoms with E-state index in [4.69, 9.17) is 4.84 Å². The number of nitrogens with zero attached hydrogens (tertiary/aromatic N) is 1. The predicted molar refractivity (Wildman–Crippen MR) is 87.0 cm³/mol. The zero-order chi connectivity index (χ0) is 15.5. The molecular formula is C18H18N2O2. The van der Waals surface area contributed by atoms with Gasteiger partial charge in [0.05, 0.1) is 5.71 Å². The Bertz CT molecular complexity index is 723. The van der Waals surface area contributed by atoms with Crippen LogP contribution < -0.4 is 5.32 Å². The number of hydrogen-bond acceptors (Lipinski definition) is 3. The lowest BCUT2D eigenvalue weighted by atomic mass is 10.0. The van der Waals surface area contributed by atoms with Gasteiger partial charge in [-0.3, -0.25) is 4.79 Å². The molecule has 112 valence electrons. The molecule has 0 fully saturated rings. The first-order chi connectivity index (χ1) is 10.6. The van der Waals surface area contributed by atoms with Gasteiger partial charge in [0.1, 0.15) is 0 Å². The van der Waals surface area contributed by atoms with Gasteiger partial charge in [-0.25, -0.2) is 0 Å². The summed E-state index contributed by atoms with van der Waals surface area (Å²) in [4.78, 5) is 17.6. The van der Waals surface area contributed by atoms with Crippen molar-refractivity contribution >= 4 is 17.3 Å². The van der Waals surface area contributed by atoms with E-state index in [0.717, 1.165) is 22.5 Å². The van der Waals surface area contributed by atoms with Crippen LogP contribution >= 0.6 is 0 Å². The Morgan fingerprint density at radius 3 is 2.68 bits per heavy atom. The zero-order valence-electron chi connectivity index (χ0n) is 12.7. The second-order valence-electron chi connectivity index (χ2n) is 5.51. The number of amides is 1. The molecule has 0 saturated carbocycles. The largest absolute Gasteiger partial charge is 0.382 e. The molecule has 1 amide bonds. The van der Waals surface area contributed by atoms with Crippen LogP contribution in [-0.2, 0) is 9.63 Å². The molecule has 0 bridgehead atoms. The first-order valence-electron chi connectivity index (χ1n) is 7.30. The molecule has 0 radical (unpaired) electrons. The Kier molecular flexibility index (Phi) is 3.92. The van der Waals surface area contributed by atoms with Gasteiger partial charge in [0, 0.05) is 12.1 Å². The Labute approximate surface area is 129 Å². The summed E-state index contributed by atoms with van der Waals surface area (Å²) in [6, 6.07) is 15.7. The fourth-order valence-corrected chi connectivity index (χ4v) is 2.49. The van der Waals surface area contributed by atoms with Crippen molar-refractivity contribution in [3.8, 4) is 0 Å². The van der Waals surface area contributed by atoms with E-state index in [9.17, 15) is 4.79 Å². The molecule has 0 spiro atoms. The van der Waals surface area contributed by atoms with Crippen molar-refractivity contribution < 1.29 is 9.63 Å². The van der Waals surface area contributed by atoms with Crippen molar-refractivity contribution in [1.29, 1.82) is 0 Å². The van der Waals surface area contributed by atoms with Gasteiger partial charge in [-0.1, -0.05) is 53.2 Å². The summed E-state index contributed by atoms with van der Waals surface area (Å²) in [6.45, 7) is 4.00. The molecule has 3 rings (SSSR count). The minimum atomic E-state index is -0.573. The second kappa shape index (κ2) is 6.02. The summed E-state index contributed by atoms with van der Waals surface area (Å²) in [5, 5.41) is 6.96. The summed E-state index contributed by atoms with van der Waals surface area (Å²) in [5.41, 5.74) is 4.82. The van der Waals surface area contributed by atoms with Crippen LogP contribution in [0.4, 0.5) is 5.69 Å². The second-order valence-corrected chi connectivity index (χ2v) is 5.51. The number of hydrogen-bond donors (Lipinski definition) is 1. The molecule has 1 atom stereocenters. The van der Waals surface area contributed by atoms with Crippen molar-refractivity contribution in [2.75, 3.05) is 5.32 Å². The van der Waals surface area contributed by atoms with Crippen LogP contribution in [0.2, 0.25) is 0 Å². The van der Waals surface area contributed by atoms with Gasteiger partial charge in [-0.15, -0.1) is 0 Å². The lowest BCUT2D eigenvalue weighted by molar-refractivity contribution is -0.125. The number of oxime groups is 1. The fraction of sp³-hybridized carbons (Fsp3) is 0.222. The molecule has 4 heteroatoms. The van der Waals surface area contributed by atoms with Gasteiger partial charge in [-0.05, 0) is 31.0 Å². The highest BCUT2D eigenvalue weighted by Gasteiger charge is 2.29. The SMILES string of the molecule is Cc1ccc(NC(=O)[C@@H]2CC(c3ccccc3)=NO2)c(C)c1. The summed E-state index contributed by atoms with van der Waals surface area (Å²) in [7, 11) is 0. The predicted octanol–water partition coefficient (Wildman–Crippen LogP) is 3.44. The van der Waals surface area contributed by atoms with Crippen molar-refractivity contribution in [3.63, 3.8) is 0 Å². The molecule has 1 heterocycles. The molecule has 4 nitrogen and oxygen atoms in total. The number of rotatable bonds is 3. The number of carbonyl (C=O) groups is 1. The van der Waals surface area contributed by atoms with E-state index in [1.807, 2.05) is 62.4 Å². The van der Waals surface area contributed by atoms with E-state index in [1.165, 1.54) is 5.56 Å². The van der Waals surface area contributed by atoms with Crippen LogP contribution in [0, 0.1) is 13.8 Å². The third-order valence-electron chi connectivity index (χ3n) is 3.71. The maximum atomic E-state index is 12.3. The highest BCUT2D eigenvalue weighted by molar-refractivity contribution is 6.06. The van der Waals surface area contributed by atoms with E-state index in [0.29, 0.717) is 6.42 Å². The van der Waals surface area contributed by atoms with Crippen LogP contribution in [0.25, 0.3) is 0 Å². The number of aryl methyl sites for hydroxylation is 2. The average Bonchev–Trinajstić information content (AvgIpc) is 3.01. The molecule has 22 heavy (non-hydrogen) atoms. The molecule has 0 unspecified atom stereocenters. The minimum Gasteiger partial charge on any atom is -0.382 e. The van der Waals surface area contributed by atoms with E-state index >= 15 is 0 Å². The highest BCUT2D eigenvalue weighted by atomic mass is 16.6. The first-order valence-corrected chi connectivity index (χ1v) is 7.30. The van der Waals surface area contributed by atoms with Crippen LogP contribution in [0.5, 0.6) is 0 Å². The van der Waals surface area contributed by atoms with Gasteiger partial charge < -0.3 is 10.2 Å². The quantitative estimate of drug-likeness (QED) is 0.942. The highest BCUT2D eigenvalue weighted by Crippen LogP contribution is 2.20. The average molecular weight is 294 g/mol. The van der Waals surface area contributed by atoms with Gasteiger partial charge in [0.2, 0.25) is 6.10 Å². The normalized spacial score (nSPS) is 16.8. The third-order valence-corrected chi connectivity index (χ3v) is 3.71. The number of anilines is 1. The minimum absolute atomic E-state index is 0.165. The van der Waals surface area contributed by atoms with Crippen LogP contribution in [0.3, 0.4) is 0 Å². The number of benzene rings is 2. The first kappa shape index (κ1) is 14.3. The monoisotopic (exact) mass is 294 g/mol. The standard InChI is InChI=1S/C18H18N2O2/c1-12-8-9-15(13(2)10-12)19-18(21)17-11-16(20-22-17)14-6-4-3-5-7-14/h3-10,17H,11H2,1-2H3,(H,19,21)/t17-/m0/s1. The number of carbonyl (C=O) groups excluding carboxylic acids is 1. The molecule has 0 aromatic heterocycles. The van der Waals surface area contributed by atoms with Crippen molar-refractivity contribution in [2.45, 2.75) is 26.4 Å². The smallest absolute Gasteiger partial charge is 0.268 e.